The van der Waals surface area contributed by atoms with Gasteiger partial charge in [0.05, 0.1) is 16.7 Å². The zero-order valence-electron chi connectivity index (χ0n) is 17.3. The molecule has 0 bridgehead atoms. The Morgan fingerprint density at radius 1 is 1.26 bits per heavy atom. The molecule has 2 aromatic carbocycles. The number of hydrogen-bond acceptors (Lipinski definition) is 5. The molecule has 4 rings (SSSR count). The molecule has 31 heavy (non-hydrogen) atoms. The predicted molar refractivity (Wildman–Crippen MR) is 125 cm³/mol. The van der Waals surface area contributed by atoms with E-state index in [4.69, 9.17) is 16.3 Å². The van der Waals surface area contributed by atoms with Gasteiger partial charge in [-0.2, -0.15) is 0 Å². The van der Waals surface area contributed by atoms with Crippen molar-refractivity contribution in [3.05, 3.63) is 63.4 Å². The van der Waals surface area contributed by atoms with E-state index >= 15 is 0 Å². The van der Waals surface area contributed by atoms with Crippen molar-refractivity contribution >= 4 is 45.9 Å². The maximum Gasteiger partial charge on any atom is 0.262 e. The van der Waals surface area contributed by atoms with E-state index in [0.717, 1.165) is 18.5 Å². The molecule has 1 aliphatic rings. The summed E-state index contributed by atoms with van der Waals surface area (Å²) in [6.07, 6.45) is 2.61. The molecule has 1 aromatic heterocycles. The van der Waals surface area contributed by atoms with Gasteiger partial charge in [-0.3, -0.25) is 14.2 Å². The van der Waals surface area contributed by atoms with Crippen LogP contribution < -0.4 is 10.5 Å². The number of para-hydroxylation sites is 1. The van der Waals surface area contributed by atoms with Gasteiger partial charge in [0.15, 0.2) is 5.16 Å². The van der Waals surface area contributed by atoms with E-state index in [1.165, 1.54) is 17.3 Å². The number of carbonyl (C=O) groups excluding carboxylic acids is 1. The zero-order valence-corrected chi connectivity index (χ0v) is 18.9. The van der Waals surface area contributed by atoms with Crippen molar-refractivity contribution in [3.63, 3.8) is 0 Å². The second-order valence-electron chi connectivity index (χ2n) is 7.43. The van der Waals surface area contributed by atoms with Crippen molar-refractivity contribution in [3.8, 4) is 0 Å². The fourth-order valence-corrected chi connectivity index (χ4v) is 4.91. The van der Waals surface area contributed by atoms with Crippen molar-refractivity contribution in [2.24, 2.45) is 0 Å². The van der Waals surface area contributed by atoms with Gasteiger partial charge < -0.3 is 9.64 Å². The molecule has 0 spiro atoms. The smallest absolute Gasteiger partial charge is 0.262 e. The van der Waals surface area contributed by atoms with Crippen LogP contribution in [0.4, 0.5) is 5.69 Å². The lowest BCUT2D eigenvalue weighted by Gasteiger charge is -2.29. The minimum Gasteiger partial charge on any atom is -0.385 e. The number of thioether (sulfide) groups is 1. The first-order chi connectivity index (χ1) is 15.1. The average molecular weight is 458 g/mol. The molecule has 1 aliphatic heterocycles. The molecule has 2 heterocycles. The summed E-state index contributed by atoms with van der Waals surface area (Å²) in [5, 5.41) is 1.56. The van der Waals surface area contributed by atoms with Gasteiger partial charge in [-0.1, -0.05) is 41.6 Å². The number of benzene rings is 2. The van der Waals surface area contributed by atoms with Crippen LogP contribution in [0.3, 0.4) is 0 Å². The summed E-state index contributed by atoms with van der Waals surface area (Å²) < 4.78 is 6.77. The molecule has 6 nitrogen and oxygen atoms in total. The SMILES string of the molecule is COCCCn1c(SCC(=O)N2CCCc3ccccc32)nc2cc(Cl)ccc2c1=O. The van der Waals surface area contributed by atoms with Crippen LogP contribution in [0.5, 0.6) is 0 Å². The molecule has 1 amide bonds. The number of anilines is 1. The Morgan fingerprint density at radius 3 is 2.94 bits per heavy atom. The predicted octanol–water partition coefficient (Wildman–Crippen LogP) is 4.16. The lowest BCUT2D eigenvalue weighted by atomic mass is 10.0. The normalized spacial score (nSPS) is 13.4. The third-order valence-electron chi connectivity index (χ3n) is 5.35. The van der Waals surface area contributed by atoms with Crippen LogP contribution in [0.15, 0.2) is 52.4 Å². The summed E-state index contributed by atoms with van der Waals surface area (Å²) in [6, 6.07) is 13.1. The Hall–Kier alpha value is -2.35. The molecule has 0 radical (unpaired) electrons. The standard InChI is InChI=1S/C23H24ClN3O3S/c1-30-13-5-12-27-22(29)18-10-9-17(24)14-19(18)25-23(27)31-15-21(28)26-11-4-7-16-6-2-3-8-20(16)26/h2-3,6,8-10,14H,4-5,7,11-13,15H2,1H3. The number of aromatic nitrogens is 2. The molecular formula is C23H24ClN3O3S. The maximum absolute atomic E-state index is 13.1. The number of methoxy groups -OCH3 is 1. The number of hydrogen-bond donors (Lipinski definition) is 0. The van der Waals surface area contributed by atoms with Gasteiger partial charge >= 0.3 is 0 Å². The highest BCUT2D eigenvalue weighted by Crippen LogP contribution is 2.28. The number of nitrogens with zero attached hydrogens (tertiary/aromatic N) is 3. The van der Waals surface area contributed by atoms with Crippen LogP contribution >= 0.6 is 23.4 Å². The summed E-state index contributed by atoms with van der Waals surface area (Å²) in [6.45, 7) is 1.72. The first kappa shape index (κ1) is 21.9. The molecule has 0 N–H and O–H groups in total. The quantitative estimate of drug-likeness (QED) is 0.303. The highest BCUT2D eigenvalue weighted by atomic mass is 35.5. The molecule has 8 heteroatoms. The van der Waals surface area contributed by atoms with E-state index < -0.39 is 0 Å². The molecular weight excluding hydrogens is 434 g/mol. The number of aryl methyl sites for hydroxylation is 1. The second kappa shape index (κ2) is 9.85. The van der Waals surface area contributed by atoms with E-state index in [1.807, 2.05) is 23.1 Å². The fraction of sp³-hybridized carbons (Fsp3) is 0.348. The van der Waals surface area contributed by atoms with E-state index in [2.05, 4.69) is 11.1 Å². The Bertz CT molecular complexity index is 1160. The van der Waals surface area contributed by atoms with Gasteiger partial charge in [0.2, 0.25) is 5.91 Å². The summed E-state index contributed by atoms with van der Waals surface area (Å²) in [5.74, 6) is 0.220. The fourth-order valence-electron chi connectivity index (χ4n) is 3.85. The third-order valence-corrected chi connectivity index (χ3v) is 6.54. The van der Waals surface area contributed by atoms with Crippen LogP contribution in [0.1, 0.15) is 18.4 Å². The van der Waals surface area contributed by atoms with Gasteiger partial charge in [-0.05, 0) is 49.1 Å². The molecule has 162 valence electrons. The molecule has 0 aliphatic carbocycles. The lowest BCUT2D eigenvalue weighted by molar-refractivity contribution is -0.116. The lowest BCUT2D eigenvalue weighted by Crippen LogP contribution is -2.36. The van der Waals surface area contributed by atoms with Gasteiger partial charge in [0, 0.05) is 37.5 Å². The molecule has 3 aromatic rings. The van der Waals surface area contributed by atoms with Gasteiger partial charge in [0.1, 0.15) is 0 Å². The van der Waals surface area contributed by atoms with E-state index in [9.17, 15) is 9.59 Å². The van der Waals surface area contributed by atoms with Crippen molar-refractivity contribution in [1.29, 1.82) is 0 Å². The van der Waals surface area contributed by atoms with E-state index in [0.29, 0.717) is 47.2 Å². The largest absolute Gasteiger partial charge is 0.385 e. The summed E-state index contributed by atoms with van der Waals surface area (Å²) in [5.41, 5.74) is 2.59. The summed E-state index contributed by atoms with van der Waals surface area (Å²) in [4.78, 5) is 32.7. The van der Waals surface area contributed by atoms with Gasteiger partial charge in [0.25, 0.3) is 5.56 Å². The number of carbonyl (C=O) groups is 1. The van der Waals surface area contributed by atoms with Crippen molar-refractivity contribution in [2.45, 2.75) is 31.0 Å². The number of rotatable bonds is 7. The number of halogens is 1. The number of fused-ring (bicyclic) bond motifs is 2. The first-order valence-corrected chi connectivity index (χ1v) is 11.6. The highest BCUT2D eigenvalue weighted by molar-refractivity contribution is 7.99. The zero-order chi connectivity index (χ0) is 21.8. The second-order valence-corrected chi connectivity index (χ2v) is 8.80. The molecule has 0 unspecified atom stereocenters. The van der Waals surface area contributed by atoms with Crippen molar-refractivity contribution < 1.29 is 9.53 Å². The van der Waals surface area contributed by atoms with Crippen molar-refractivity contribution in [2.75, 3.05) is 30.9 Å². The van der Waals surface area contributed by atoms with E-state index in [-0.39, 0.29) is 17.2 Å². The Kier molecular flexibility index (Phi) is 6.95. The average Bonchev–Trinajstić information content (AvgIpc) is 2.78. The minimum absolute atomic E-state index is 0.0148. The van der Waals surface area contributed by atoms with Gasteiger partial charge in [-0.25, -0.2) is 4.98 Å². The summed E-state index contributed by atoms with van der Waals surface area (Å²) >= 11 is 7.40. The maximum atomic E-state index is 13.1. The van der Waals surface area contributed by atoms with Crippen LogP contribution in [0, 0.1) is 0 Å². The topological polar surface area (TPSA) is 64.4 Å². The van der Waals surface area contributed by atoms with Crippen LogP contribution in [-0.2, 0) is 22.5 Å². The Balaban J connectivity index is 1.60. The first-order valence-electron chi connectivity index (χ1n) is 10.3. The highest BCUT2D eigenvalue weighted by Gasteiger charge is 2.23. The Morgan fingerprint density at radius 2 is 2.10 bits per heavy atom. The molecule has 0 saturated carbocycles. The molecule has 0 atom stereocenters. The minimum atomic E-state index is -0.129. The Labute approximate surface area is 190 Å². The number of ether oxygens (including phenoxy) is 1. The van der Waals surface area contributed by atoms with E-state index in [1.54, 1.807) is 29.9 Å². The molecule has 0 fully saturated rings. The van der Waals surface area contributed by atoms with Gasteiger partial charge in [-0.15, -0.1) is 0 Å². The summed E-state index contributed by atoms with van der Waals surface area (Å²) in [7, 11) is 1.63. The van der Waals surface area contributed by atoms with Crippen LogP contribution in [0.25, 0.3) is 10.9 Å². The molecule has 0 saturated heterocycles. The van der Waals surface area contributed by atoms with Crippen molar-refractivity contribution in [1.82, 2.24) is 9.55 Å². The third kappa shape index (κ3) is 4.79. The van der Waals surface area contributed by atoms with Crippen LogP contribution in [0.2, 0.25) is 5.02 Å². The number of amides is 1. The monoisotopic (exact) mass is 457 g/mol. The van der Waals surface area contributed by atoms with Crippen LogP contribution in [-0.4, -0.2) is 41.5 Å².